The zero-order valence-electron chi connectivity index (χ0n) is 5.62. The zero-order chi connectivity index (χ0) is 2.00. The van der Waals surface area contributed by atoms with Gasteiger partial charge in [-0.15, -0.1) is 0 Å². The molecule has 4 heavy (non-hydrogen) atoms. The van der Waals surface area contributed by atoms with E-state index in [1.54, 1.807) is 0 Å². The molecule has 0 N–H and O–H groups in total. The van der Waals surface area contributed by atoms with Crippen LogP contribution in [0.5, 0.6) is 0 Å². The minimum atomic E-state index is 0. The molecule has 0 amide bonds. The molecule has 0 fully saturated rings. The van der Waals surface area contributed by atoms with Crippen molar-refractivity contribution in [1.82, 2.24) is 0 Å². The summed E-state index contributed by atoms with van der Waals surface area (Å²) in [5.41, 5.74) is 0. The molecule has 0 spiro atoms. The van der Waals surface area contributed by atoms with Gasteiger partial charge in [0.2, 0.25) is 0 Å². The summed E-state index contributed by atoms with van der Waals surface area (Å²) in [4.78, 5) is 0. The molecule has 0 atom stereocenters. The third-order valence-electron chi connectivity index (χ3n) is 0. The van der Waals surface area contributed by atoms with Crippen LogP contribution in [0.25, 0.3) is 0 Å². The van der Waals surface area contributed by atoms with Gasteiger partial charge in [-0.2, -0.15) is 0 Å². The molecule has 1 nitrogen and oxygen atoms in total. The van der Waals surface area contributed by atoms with Crippen molar-refractivity contribution >= 4 is 39.5 Å². The Bertz CT molecular complexity index is 14.9. The van der Waals surface area contributed by atoms with Crippen molar-refractivity contribution in [2.75, 3.05) is 0 Å². The molecule has 2 radical (unpaired) electrons. The van der Waals surface area contributed by atoms with Gasteiger partial charge in [0, 0.05) is 0 Å². The van der Waals surface area contributed by atoms with E-state index in [1.165, 1.54) is 0 Å². The second-order valence-corrected chi connectivity index (χ2v) is 0. The fraction of sp³-hybridized carbons (Fsp3) is 0. The molecule has 4 heteroatoms. The Labute approximate surface area is 66.1 Å². The van der Waals surface area contributed by atoms with Crippen molar-refractivity contribution < 1.29 is 26.9 Å². The Balaban J connectivity index is -0.000000000500. The van der Waals surface area contributed by atoms with Crippen molar-refractivity contribution in [2.45, 2.75) is 0 Å². The quantitative estimate of drug-likeness (QED) is 0.305. The van der Waals surface area contributed by atoms with Gasteiger partial charge in [-0.1, -0.05) is 0 Å². The van der Waals surface area contributed by atoms with E-state index in [9.17, 15) is 0 Å². The minimum absolute atomic E-state index is 0. The van der Waals surface area contributed by atoms with Crippen LogP contribution >= 0.6 is 0 Å². The van der Waals surface area contributed by atoms with Crippen LogP contribution in [0.2, 0.25) is 0 Å². The van der Waals surface area contributed by atoms with Gasteiger partial charge in [0.1, 0.15) is 0 Å². The molecular formula is H3GeLiMgO. The van der Waals surface area contributed by atoms with Gasteiger partial charge in [0.05, 0.1) is 0 Å². The maximum atomic E-state index is 8.25. The Kier molecular flexibility index (Phi) is 95.8. The van der Waals surface area contributed by atoms with Gasteiger partial charge < -0.3 is 4.28 Å². The van der Waals surface area contributed by atoms with E-state index in [1.807, 2.05) is 0 Å². The Morgan fingerprint density at radius 2 is 1.50 bits per heavy atom. The van der Waals surface area contributed by atoms with Crippen LogP contribution in [0.1, 0.15) is 4.28 Å². The molecule has 0 aromatic carbocycles. The number of hydrogen-bond acceptors (Lipinski definition) is 1. The second-order valence-electron chi connectivity index (χ2n) is 0. The van der Waals surface area contributed by atoms with Crippen LogP contribution in [0, 0.1) is 0 Å². The third-order valence-corrected chi connectivity index (χ3v) is 0. The Morgan fingerprint density at radius 3 is 1.50 bits per heavy atom. The molecule has 0 heterocycles. The van der Waals surface area contributed by atoms with Crippen LogP contribution in [0.4, 0.5) is 0 Å². The zero-order valence-corrected chi connectivity index (χ0v) is 6.13. The first-order valence-electron chi connectivity index (χ1n) is 0.204. The van der Waals surface area contributed by atoms with Gasteiger partial charge in [-0.25, -0.2) is 0 Å². The molecular weight excluding hydrogens is 120 g/mol. The van der Waals surface area contributed by atoms with Gasteiger partial charge >= 0.3 is 62.1 Å². The van der Waals surface area contributed by atoms with Crippen LogP contribution < -0.4 is 18.9 Å². The van der Waals surface area contributed by atoms with Crippen molar-refractivity contribution in [1.29, 1.82) is 0 Å². The predicted molar refractivity (Wildman–Crippen MR) is 15.5 cm³/mol. The van der Waals surface area contributed by atoms with E-state index < -0.39 is 0 Å². The molecule has 0 aliphatic heterocycles. The van der Waals surface area contributed by atoms with Crippen LogP contribution in [0.3, 0.4) is 0 Å². The molecule has 0 aliphatic carbocycles. The summed E-state index contributed by atoms with van der Waals surface area (Å²) in [5, 5.41) is 0. The molecule has 0 aromatic heterocycles. The Morgan fingerprint density at radius 1 is 1.50 bits per heavy atom. The topological polar surface area (TPSA) is 17.1 Å². The summed E-state index contributed by atoms with van der Waals surface area (Å²) in [6.45, 7) is 0. The normalized spacial score (nSPS) is 1.00. The van der Waals surface area contributed by atoms with Crippen LogP contribution in [-0.4, -0.2) is 39.5 Å². The van der Waals surface area contributed by atoms with E-state index in [-0.39, 0.29) is 46.2 Å². The van der Waals surface area contributed by atoms with E-state index >= 15 is 0 Å². The predicted octanol–water partition coefficient (Wildman–Crippen LogP) is -3.54. The van der Waals surface area contributed by atoms with Gasteiger partial charge in [0.15, 0.2) is 0 Å². The summed E-state index contributed by atoms with van der Waals surface area (Å²) >= 11 is 0.750. The van der Waals surface area contributed by atoms with Gasteiger partial charge in [-0.3, -0.25) is 0 Å². The molecule has 0 saturated carbocycles. The summed E-state index contributed by atoms with van der Waals surface area (Å²) in [7, 11) is 0. The Hall–Kier alpha value is 1.71. The average molecular weight is 123 g/mol. The summed E-state index contributed by atoms with van der Waals surface area (Å²) in [5.74, 6) is 0. The third kappa shape index (κ3) is 9.32. The van der Waals surface area contributed by atoms with Crippen LogP contribution in [0.15, 0.2) is 0 Å². The number of hydrogen-bond donors (Lipinski definition) is 0. The molecule has 0 bridgehead atoms. The fourth-order valence-corrected chi connectivity index (χ4v) is 0. The molecule has 0 aliphatic rings. The summed E-state index contributed by atoms with van der Waals surface area (Å²) in [6, 6.07) is 0. The monoisotopic (exact) mass is 124 g/mol. The molecule has 0 aromatic rings. The van der Waals surface area contributed by atoms with E-state index in [0.717, 1.165) is 16.5 Å². The van der Waals surface area contributed by atoms with Crippen molar-refractivity contribution in [3.63, 3.8) is 0 Å². The summed E-state index contributed by atoms with van der Waals surface area (Å²) in [6.07, 6.45) is 0. The van der Waals surface area contributed by atoms with Crippen molar-refractivity contribution in [3.8, 4) is 0 Å². The average Bonchev–Trinajstić information content (AvgIpc) is 1.00. The second kappa shape index (κ2) is 22.2. The standard InChI is InChI=1S/GeO.Li.Mg.3H/c1-2;;;;;/q;+1;+2;3*-1. The fourth-order valence-electron chi connectivity index (χ4n) is 0. The van der Waals surface area contributed by atoms with E-state index in [4.69, 9.17) is 3.78 Å². The van der Waals surface area contributed by atoms with Crippen LogP contribution in [-0.2, 0) is 3.78 Å². The summed E-state index contributed by atoms with van der Waals surface area (Å²) < 4.78 is 8.25. The molecule has 16 valence electrons. The first-order valence-corrected chi connectivity index (χ1v) is 1.06. The first kappa shape index (κ1) is 17.3. The van der Waals surface area contributed by atoms with Gasteiger partial charge in [-0.05, 0) is 0 Å². The van der Waals surface area contributed by atoms with Crippen molar-refractivity contribution in [3.05, 3.63) is 0 Å². The molecule has 0 unspecified atom stereocenters. The van der Waals surface area contributed by atoms with E-state index in [0.29, 0.717) is 0 Å². The van der Waals surface area contributed by atoms with Crippen molar-refractivity contribution in [2.24, 2.45) is 0 Å². The number of rotatable bonds is 0. The SMILES string of the molecule is [H-].[H-].[H-].[Li+].[Mg+2].[O]=[Ge]. The first-order chi connectivity index (χ1) is 1.00. The molecule has 0 rings (SSSR count). The molecule has 0 saturated heterocycles. The van der Waals surface area contributed by atoms with Gasteiger partial charge in [0.25, 0.3) is 0 Å². The maximum absolute atomic E-state index is 8.25. The van der Waals surface area contributed by atoms with E-state index in [2.05, 4.69) is 0 Å².